The zero-order chi connectivity index (χ0) is 11.5. The predicted molar refractivity (Wildman–Crippen MR) is 67.1 cm³/mol. The molecule has 2 nitrogen and oxygen atoms in total. The van der Waals surface area contributed by atoms with E-state index in [0.717, 1.165) is 25.1 Å². The maximum atomic E-state index is 5.94. The molecule has 0 saturated carbocycles. The van der Waals surface area contributed by atoms with Crippen LogP contribution in [0.5, 0.6) is 5.75 Å². The SMILES string of the molecule is CCNC(C)CC1Cc2cc(C)ccc2O1. The van der Waals surface area contributed by atoms with E-state index in [1.54, 1.807) is 0 Å². The van der Waals surface area contributed by atoms with Gasteiger partial charge in [-0.15, -0.1) is 0 Å². The minimum atomic E-state index is 0.353. The second-order valence-corrected chi connectivity index (χ2v) is 4.75. The van der Waals surface area contributed by atoms with Gasteiger partial charge in [0.2, 0.25) is 0 Å². The van der Waals surface area contributed by atoms with E-state index in [9.17, 15) is 0 Å². The maximum Gasteiger partial charge on any atom is 0.123 e. The maximum absolute atomic E-state index is 5.94. The van der Waals surface area contributed by atoms with Crippen molar-refractivity contribution in [2.45, 2.75) is 45.8 Å². The summed E-state index contributed by atoms with van der Waals surface area (Å²) in [6.45, 7) is 7.53. The van der Waals surface area contributed by atoms with E-state index in [1.807, 2.05) is 0 Å². The molecule has 2 atom stereocenters. The number of rotatable bonds is 4. The van der Waals surface area contributed by atoms with Crippen LogP contribution in [-0.4, -0.2) is 18.7 Å². The quantitative estimate of drug-likeness (QED) is 0.840. The molecule has 2 heteroatoms. The highest BCUT2D eigenvalue weighted by molar-refractivity contribution is 5.40. The molecule has 16 heavy (non-hydrogen) atoms. The van der Waals surface area contributed by atoms with Crippen LogP contribution in [0, 0.1) is 6.92 Å². The summed E-state index contributed by atoms with van der Waals surface area (Å²) in [5.74, 6) is 1.08. The molecule has 0 aliphatic carbocycles. The molecule has 1 aromatic rings. The summed E-state index contributed by atoms with van der Waals surface area (Å²) < 4.78 is 5.94. The first-order valence-corrected chi connectivity index (χ1v) is 6.18. The molecule has 0 aromatic heterocycles. The van der Waals surface area contributed by atoms with E-state index in [1.165, 1.54) is 11.1 Å². The van der Waals surface area contributed by atoms with Crippen LogP contribution in [0.2, 0.25) is 0 Å². The fraction of sp³-hybridized carbons (Fsp3) is 0.571. The molecule has 2 rings (SSSR count). The Labute approximate surface area is 98.0 Å². The van der Waals surface area contributed by atoms with E-state index in [4.69, 9.17) is 4.74 Å². The Balaban J connectivity index is 1.95. The number of ether oxygens (including phenoxy) is 1. The predicted octanol–water partition coefficient (Wildman–Crippen LogP) is 2.69. The third kappa shape index (κ3) is 2.56. The van der Waals surface area contributed by atoms with Gasteiger partial charge in [0.15, 0.2) is 0 Å². The standard InChI is InChI=1S/C14H21NO/c1-4-15-11(3)8-13-9-12-7-10(2)5-6-14(12)16-13/h5-7,11,13,15H,4,8-9H2,1-3H3. The van der Waals surface area contributed by atoms with Crippen molar-refractivity contribution in [3.05, 3.63) is 29.3 Å². The van der Waals surface area contributed by atoms with Crippen LogP contribution >= 0.6 is 0 Å². The Bertz CT molecular complexity index is 362. The summed E-state index contributed by atoms with van der Waals surface area (Å²) in [7, 11) is 0. The normalized spacial score (nSPS) is 20.3. The molecule has 88 valence electrons. The molecule has 0 amide bonds. The van der Waals surface area contributed by atoms with Gasteiger partial charge >= 0.3 is 0 Å². The number of hydrogen-bond donors (Lipinski definition) is 1. The van der Waals surface area contributed by atoms with Crippen LogP contribution in [-0.2, 0) is 6.42 Å². The lowest BCUT2D eigenvalue weighted by molar-refractivity contribution is 0.205. The van der Waals surface area contributed by atoms with Crippen molar-refractivity contribution in [3.8, 4) is 5.75 Å². The smallest absolute Gasteiger partial charge is 0.123 e. The lowest BCUT2D eigenvalue weighted by Crippen LogP contribution is -2.31. The lowest BCUT2D eigenvalue weighted by atomic mass is 10.0. The Morgan fingerprint density at radius 2 is 2.31 bits per heavy atom. The Hall–Kier alpha value is -1.02. The van der Waals surface area contributed by atoms with Gasteiger partial charge in [-0.25, -0.2) is 0 Å². The zero-order valence-corrected chi connectivity index (χ0v) is 10.4. The third-order valence-electron chi connectivity index (χ3n) is 3.13. The van der Waals surface area contributed by atoms with E-state index >= 15 is 0 Å². The fourth-order valence-corrected chi connectivity index (χ4v) is 2.41. The van der Waals surface area contributed by atoms with E-state index < -0.39 is 0 Å². The van der Waals surface area contributed by atoms with Gasteiger partial charge in [0, 0.05) is 12.5 Å². The van der Waals surface area contributed by atoms with Crippen LogP contribution < -0.4 is 10.1 Å². The van der Waals surface area contributed by atoms with Gasteiger partial charge in [0.1, 0.15) is 11.9 Å². The van der Waals surface area contributed by atoms with Crippen molar-refractivity contribution in [1.29, 1.82) is 0 Å². The molecular weight excluding hydrogens is 198 g/mol. The van der Waals surface area contributed by atoms with Gasteiger partial charge in [-0.2, -0.15) is 0 Å². The van der Waals surface area contributed by atoms with Crippen LogP contribution in [0.3, 0.4) is 0 Å². The molecule has 0 fully saturated rings. The highest BCUT2D eigenvalue weighted by Gasteiger charge is 2.24. The van der Waals surface area contributed by atoms with Crippen molar-refractivity contribution in [3.63, 3.8) is 0 Å². The fourth-order valence-electron chi connectivity index (χ4n) is 2.41. The molecule has 1 aromatic carbocycles. The monoisotopic (exact) mass is 219 g/mol. The van der Waals surface area contributed by atoms with Gasteiger partial charge in [0.25, 0.3) is 0 Å². The molecule has 1 N–H and O–H groups in total. The summed E-state index contributed by atoms with van der Waals surface area (Å²) in [5.41, 5.74) is 2.69. The lowest BCUT2D eigenvalue weighted by Gasteiger charge is -2.17. The van der Waals surface area contributed by atoms with Gasteiger partial charge in [-0.1, -0.05) is 24.6 Å². The highest BCUT2D eigenvalue weighted by Crippen LogP contribution is 2.30. The summed E-state index contributed by atoms with van der Waals surface area (Å²) in [5, 5.41) is 3.43. The average molecular weight is 219 g/mol. The second kappa shape index (κ2) is 4.88. The summed E-state index contributed by atoms with van der Waals surface area (Å²) >= 11 is 0. The van der Waals surface area contributed by atoms with E-state index in [0.29, 0.717) is 12.1 Å². The number of benzene rings is 1. The second-order valence-electron chi connectivity index (χ2n) is 4.75. The van der Waals surface area contributed by atoms with Crippen molar-refractivity contribution in [1.82, 2.24) is 5.32 Å². The molecule has 0 spiro atoms. The number of fused-ring (bicyclic) bond motifs is 1. The van der Waals surface area contributed by atoms with E-state index in [-0.39, 0.29) is 0 Å². The third-order valence-corrected chi connectivity index (χ3v) is 3.13. The van der Waals surface area contributed by atoms with Gasteiger partial charge in [-0.05, 0) is 38.4 Å². The Kier molecular flexibility index (Phi) is 3.49. The molecule has 1 heterocycles. The molecule has 0 radical (unpaired) electrons. The first-order chi connectivity index (χ1) is 7.69. The number of nitrogens with one attached hydrogen (secondary N) is 1. The van der Waals surface area contributed by atoms with Gasteiger partial charge in [-0.3, -0.25) is 0 Å². The van der Waals surface area contributed by atoms with Crippen LogP contribution in [0.15, 0.2) is 18.2 Å². The van der Waals surface area contributed by atoms with Crippen LogP contribution in [0.25, 0.3) is 0 Å². The molecular formula is C14H21NO. The topological polar surface area (TPSA) is 21.3 Å². The minimum Gasteiger partial charge on any atom is -0.490 e. The number of aryl methyl sites for hydroxylation is 1. The molecule has 0 bridgehead atoms. The zero-order valence-electron chi connectivity index (χ0n) is 10.4. The first-order valence-electron chi connectivity index (χ1n) is 6.18. The molecule has 1 aliphatic rings. The van der Waals surface area contributed by atoms with Crippen LogP contribution in [0.4, 0.5) is 0 Å². The molecule has 1 aliphatic heterocycles. The average Bonchev–Trinajstić information content (AvgIpc) is 2.59. The van der Waals surface area contributed by atoms with Crippen LogP contribution in [0.1, 0.15) is 31.4 Å². The largest absolute Gasteiger partial charge is 0.490 e. The first kappa shape index (κ1) is 11.5. The molecule has 0 saturated heterocycles. The number of hydrogen-bond acceptors (Lipinski definition) is 2. The minimum absolute atomic E-state index is 0.353. The van der Waals surface area contributed by atoms with Crippen molar-refractivity contribution >= 4 is 0 Å². The highest BCUT2D eigenvalue weighted by atomic mass is 16.5. The van der Waals surface area contributed by atoms with Crippen molar-refractivity contribution in [2.24, 2.45) is 0 Å². The molecule has 2 unspecified atom stereocenters. The van der Waals surface area contributed by atoms with Gasteiger partial charge < -0.3 is 10.1 Å². The summed E-state index contributed by atoms with van der Waals surface area (Å²) in [6.07, 6.45) is 2.50. The van der Waals surface area contributed by atoms with E-state index in [2.05, 4.69) is 44.3 Å². The Morgan fingerprint density at radius 1 is 1.50 bits per heavy atom. The van der Waals surface area contributed by atoms with Crippen molar-refractivity contribution in [2.75, 3.05) is 6.54 Å². The Morgan fingerprint density at radius 3 is 3.06 bits per heavy atom. The summed E-state index contributed by atoms with van der Waals surface area (Å²) in [4.78, 5) is 0. The van der Waals surface area contributed by atoms with Gasteiger partial charge in [0.05, 0.1) is 0 Å². The summed E-state index contributed by atoms with van der Waals surface area (Å²) in [6, 6.07) is 7.00. The van der Waals surface area contributed by atoms with Crippen molar-refractivity contribution < 1.29 is 4.74 Å².